The number of rotatable bonds is 5. The van der Waals surface area contributed by atoms with Crippen LogP contribution < -0.4 is 0 Å². The van der Waals surface area contributed by atoms with Crippen molar-refractivity contribution in [2.45, 2.75) is 33.1 Å². The summed E-state index contributed by atoms with van der Waals surface area (Å²) >= 11 is 0. The highest BCUT2D eigenvalue weighted by atomic mass is 16.4. The van der Waals surface area contributed by atoms with Gasteiger partial charge in [0.05, 0.1) is 0 Å². The Balaban J connectivity index is 2.96. The Kier molecular flexibility index (Phi) is 4.81. The number of Topliss-reactive ketones (excluding diaryl/α,β-unsaturated/α-hetero) is 1. The van der Waals surface area contributed by atoms with Gasteiger partial charge in [0.2, 0.25) is 0 Å². The summed E-state index contributed by atoms with van der Waals surface area (Å²) in [6, 6.07) is 0. The fourth-order valence-electron chi connectivity index (χ4n) is 2.91. The van der Waals surface area contributed by atoms with E-state index in [2.05, 4.69) is 6.58 Å². The molecule has 0 spiro atoms. The number of carboxylic acids is 1. The van der Waals surface area contributed by atoms with Gasteiger partial charge in [0, 0.05) is 11.5 Å². The number of hydrogen-bond acceptors (Lipinski definition) is 3. The summed E-state index contributed by atoms with van der Waals surface area (Å²) in [4.78, 5) is 33.2. The Labute approximate surface area is 113 Å². The quantitative estimate of drug-likeness (QED) is 0.611. The topological polar surface area (TPSA) is 71.4 Å². The number of allylic oxidation sites excluding steroid dienone is 2. The van der Waals surface area contributed by atoms with Gasteiger partial charge >= 0.3 is 5.97 Å². The first kappa shape index (κ1) is 15.3. The third-order valence-corrected chi connectivity index (χ3v) is 4.16. The monoisotopic (exact) mass is 264 g/mol. The van der Waals surface area contributed by atoms with Crippen LogP contribution in [0.25, 0.3) is 0 Å². The first-order valence-corrected chi connectivity index (χ1v) is 6.37. The average Bonchev–Trinajstić information content (AvgIpc) is 2.35. The van der Waals surface area contributed by atoms with Gasteiger partial charge in [-0.15, -0.1) is 0 Å². The number of aliphatic carboxylic acids is 1. The molecule has 0 bridgehead atoms. The maximum Gasteiger partial charge on any atom is 0.331 e. The van der Waals surface area contributed by atoms with E-state index in [0.29, 0.717) is 25.5 Å². The minimum absolute atomic E-state index is 0.0286. The zero-order valence-electron chi connectivity index (χ0n) is 11.4. The maximum atomic E-state index is 11.8. The highest BCUT2D eigenvalue weighted by Crippen LogP contribution is 2.46. The summed E-state index contributed by atoms with van der Waals surface area (Å²) < 4.78 is 0. The molecule has 4 nitrogen and oxygen atoms in total. The number of hydrogen-bond donors (Lipinski definition) is 1. The van der Waals surface area contributed by atoms with Crippen molar-refractivity contribution in [3.8, 4) is 0 Å². The SMILES string of the molecule is C=C(C(=O)O)C1CCC(C)(C=CC=O)C(C(C)=O)C1. The van der Waals surface area contributed by atoms with Gasteiger partial charge in [-0.25, -0.2) is 4.79 Å². The van der Waals surface area contributed by atoms with E-state index in [-0.39, 0.29) is 28.6 Å². The van der Waals surface area contributed by atoms with Gasteiger partial charge in [0.25, 0.3) is 0 Å². The summed E-state index contributed by atoms with van der Waals surface area (Å²) in [5.74, 6) is -1.40. The van der Waals surface area contributed by atoms with Crippen LogP contribution >= 0.6 is 0 Å². The molecule has 0 heterocycles. The van der Waals surface area contributed by atoms with Crippen LogP contribution in [-0.2, 0) is 14.4 Å². The average molecular weight is 264 g/mol. The van der Waals surface area contributed by atoms with Crippen molar-refractivity contribution in [1.82, 2.24) is 0 Å². The van der Waals surface area contributed by atoms with Gasteiger partial charge in [-0.1, -0.05) is 19.6 Å². The molecule has 0 amide bonds. The molecule has 1 aliphatic rings. The molecule has 0 aliphatic heterocycles. The number of carbonyl (C=O) groups is 3. The molecule has 104 valence electrons. The van der Waals surface area contributed by atoms with Crippen molar-refractivity contribution in [2.75, 3.05) is 0 Å². The van der Waals surface area contributed by atoms with Gasteiger partial charge in [-0.2, -0.15) is 0 Å². The fraction of sp³-hybridized carbons (Fsp3) is 0.533. The lowest BCUT2D eigenvalue weighted by Crippen LogP contribution is -2.38. The van der Waals surface area contributed by atoms with Crippen molar-refractivity contribution < 1.29 is 19.5 Å². The van der Waals surface area contributed by atoms with Crippen molar-refractivity contribution >= 4 is 18.0 Å². The number of carbonyl (C=O) groups excluding carboxylic acids is 2. The Morgan fingerprint density at radius 3 is 2.53 bits per heavy atom. The van der Waals surface area contributed by atoms with E-state index in [1.54, 1.807) is 6.08 Å². The van der Waals surface area contributed by atoms with Gasteiger partial charge in [-0.3, -0.25) is 9.59 Å². The van der Waals surface area contributed by atoms with E-state index in [4.69, 9.17) is 5.11 Å². The molecule has 4 heteroatoms. The van der Waals surface area contributed by atoms with E-state index in [0.717, 1.165) is 0 Å². The van der Waals surface area contributed by atoms with Gasteiger partial charge in [-0.05, 0) is 43.6 Å². The van der Waals surface area contributed by atoms with Crippen LogP contribution in [0.5, 0.6) is 0 Å². The zero-order chi connectivity index (χ0) is 14.6. The van der Waals surface area contributed by atoms with Crippen LogP contribution in [0.2, 0.25) is 0 Å². The summed E-state index contributed by atoms with van der Waals surface area (Å²) in [5.41, 5.74) is -0.199. The smallest absolute Gasteiger partial charge is 0.331 e. The number of ketones is 1. The predicted octanol–water partition coefficient (Wildman–Crippen LogP) is 2.39. The molecule has 0 saturated heterocycles. The lowest BCUT2D eigenvalue weighted by atomic mass is 9.62. The molecular formula is C15H20O4. The van der Waals surface area contributed by atoms with Gasteiger partial charge in [0.15, 0.2) is 0 Å². The van der Waals surface area contributed by atoms with Crippen LogP contribution in [-0.4, -0.2) is 23.1 Å². The van der Waals surface area contributed by atoms with E-state index >= 15 is 0 Å². The summed E-state index contributed by atoms with van der Waals surface area (Å²) in [5, 5.41) is 8.99. The zero-order valence-corrected chi connectivity index (χ0v) is 11.4. The Morgan fingerprint density at radius 1 is 1.42 bits per heavy atom. The predicted molar refractivity (Wildman–Crippen MR) is 71.6 cm³/mol. The summed E-state index contributed by atoms with van der Waals surface area (Å²) in [7, 11) is 0. The van der Waals surface area contributed by atoms with Gasteiger partial charge < -0.3 is 5.11 Å². The van der Waals surface area contributed by atoms with Crippen LogP contribution in [0.4, 0.5) is 0 Å². The number of carboxylic acid groups (broad SMARTS) is 1. The molecule has 1 N–H and O–H groups in total. The minimum atomic E-state index is -1.00. The Bertz CT molecular complexity index is 435. The first-order valence-electron chi connectivity index (χ1n) is 6.37. The molecule has 0 radical (unpaired) electrons. The van der Waals surface area contributed by atoms with Crippen LogP contribution in [0.15, 0.2) is 24.3 Å². The highest BCUT2D eigenvalue weighted by Gasteiger charge is 2.42. The molecule has 1 aliphatic carbocycles. The lowest BCUT2D eigenvalue weighted by molar-refractivity contribution is -0.134. The van der Waals surface area contributed by atoms with E-state index in [9.17, 15) is 14.4 Å². The molecule has 0 aromatic rings. The van der Waals surface area contributed by atoms with Crippen LogP contribution in [0.1, 0.15) is 33.1 Å². The van der Waals surface area contributed by atoms with Gasteiger partial charge in [0.1, 0.15) is 12.1 Å². The molecule has 1 fully saturated rings. The highest BCUT2D eigenvalue weighted by molar-refractivity contribution is 5.87. The Morgan fingerprint density at radius 2 is 2.05 bits per heavy atom. The molecule has 1 rings (SSSR count). The molecule has 0 aromatic heterocycles. The Hall–Kier alpha value is -1.71. The third kappa shape index (κ3) is 3.40. The van der Waals surface area contributed by atoms with Crippen molar-refractivity contribution in [3.05, 3.63) is 24.3 Å². The fourth-order valence-corrected chi connectivity index (χ4v) is 2.91. The normalized spacial score (nSPS) is 31.1. The summed E-state index contributed by atoms with van der Waals surface area (Å²) in [6.45, 7) is 7.06. The molecule has 19 heavy (non-hydrogen) atoms. The van der Waals surface area contributed by atoms with Crippen molar-refractivity contribution in [2.24, 2.45) is 17.3 Å². The largest absolute Gasteiger partial charge is 0.478 e. The van der Waals surface area contributed by atoms with E-state index in [1.807, 2.05) is 6.92 Å². The second kappa shape index (κ2) is 5.95. The van der Waals surface area contributed by atoms with E-state index < -0.39 is 5.97 Å². The molecule has 0 aromatic carbocycles. The first-order chi connectivity index (χ1) is 8.81. The maximum absolute atomic E-state index is 11.8. The van der Waals surface area contributed by atoms with Crippen LogP contribution in [0, 0.1) is 17.3 Å². The second-order valence-corrected chi connectivity index (χ2v) is 5.47. The standard InChI is InChI=1S/C15H20O4/c1-10(14(18)19)12-5-7-15(3,6-4-8-16)13(9-12)11(2)17/h4,6,8,12-13H,1,5,7,9H2,2-3H3,(H,18,19). The van der Waals surface area contributed by atoms with Crippen molar-refractivity contribution in [3.63, 3.8) is 0 Å². The molecular weight excluding hydrogens is 244 g/mol. The molecule has 1 saturated carbocycles. The lowest BCUT2D eigenvalue weighted by Gasteiger charge is -2.41. The van der Waals surface area contributed by atoms with E-state index in [1.165, 1.54) is 13.0 Å². The number of aldehydes is 1. The van der Waals surface area contributed by atoms with Crippen LogP contribution in [0.3, 0.4) is 0 Å². The second-order valence-electron chi connectivity index (χ2n) is 5.47. The van der Waals surface area contributed by atoms with Crippen molar-refractivity contribution in [1.29, 1.82) is 0 Å². The third-order valence-electron chi connectivity index (χ3n) is 4.16. The summed E-state index contributed by atoms with van der Waals surface area (Å²) in [6.07, 6.45) is 5.73. The molecule has 3 unspecified atom stereocenters. The minimum Gasteiger partial charge on any atom is -0.478 e. The molecule has 3 atom stereocenters.